The lowest BCUT2D eigenvalue weighted by Crippen LogP contribution is -2.39. The summed E-state index contributed by atoms with van der Waals surface area (Å²) in [6.07, 6.45) is 1.92. The van der Waals surface area contributed by atoms with Gasteiger partial charge in [0, 0.05) is 32.1 Å². The summed E-state index contributed by atoms with van der Waals surface area (Å²) in [5.74, 6) is 0.943. The van der Waals surface area contributed by atoms with Gasteiger partial charge in [-0.15, -0.1) is 0 Å². The highest BCUT2D eigenvalue weighted by Crippen LogP contribution is 2.29. The molecule has 0 unspecified atom stereocenters. The van der Waals surface area contributed by atoms with Gasteiger partial charge in [0.15, 0.2) is 18.1 Å². The number of aryl methyl sites for hydroxylation is 1. The quantitative estimate of drug-likeness (QED) is 0.448. The maximum atomic E-state index is 12.8. The Morgan fingerprint density at radius 3 is 2.21 bits per heavy atom. The summed E-state index contributed by atoms with van der Waals surface area (Å²) in [7, 11) is 3.02. The topological polar surface area (TPSA) is 100.0 Å². The minimum Gasteiger partial charge on any atom is -0.493 e. The van der Waals surface area contributed by atoms with Gasteiger partial charge in [0.1, 0.15) is 0 Å². The highest BCUT2D eigenvalue weighted by atomic mass is 16.5. The third-order valence-corrected chi connectivity index (χ3v) is 4.99. The van der Waals surface area contributed by atoms with Crippen molar-refractivity contribution in [1.29, 1.82) is 0 Å². The van der Waals surface area contributed by atoms with Gasteiger partial charge in [-0.05, 0) is 24.3 Å². The van der Waals surface area contributed by atoms with Crippen molar-refractivity contribution in [2.45, 2.75) is 47.1 Å². The lowest BCUT2D eigenvalue weighted by atomic mass is 10.1. The second-order valence-corrected chi connectivity index (χ2v) is 8.82. The number of aromatic nitrogens is 2. The number of nitrogens with zero attached hydrogens (tertiary/aromatic N) is 3. The maximum Gasteiger partial charge on any atom is 0.306 e. The summed E-state index contributed by atoms with van der Waals surface area (Å²) < 4.78 is 17.1. The Labute approximate surface area is 194 Å². The van der Waals surface area contributed by atoms with Gasteiger partial charge in [-0.25, -0.2) is 4.98 Å². The molecule has 0 atom stereocenters. The Morgan fingerprint density at radius 1 is 1.03 bits per heavy atom. The van der Waals surface area contributed by atoms with Gasteiger partial charge in [0.05, 0.1) is 31.4 Å². The van der Waals surface area contributed by atoms with E-state index in [-0.39, 0.29) is 24.5 Å². The van der Waals surface area contributed by atoms with Gasteiger partial charge < -0.3 is 19.1 Å². The van der Waals surface area contributed by atoms with Gasteiger partial charge in [-0.2, -0.15) is 0 Å². The normalized spacial score (nSPS) is 11.2. The summed E-state index contributed by atoms with van der Waals surface area (Å²) in [6, 6.07) is 3.25. The Bertz CT molecular complexity index is 1010. The first kappa shape index (κ1) is 26.2. The zero-order chi connectivity index (χ0) is 24.5. The van der Waals surface area contributed by atoms with E-state index >= 15 is 0 Å². The van der Waals surface area contributed by atoms with E-state index in [0.29, 0.717) is 60.3 Å². The zero-order valence-electron chi connectivity index (χ0n) is 20.4. The van der Waals surface area contributed by atoms with Crippen LogP contribution in [-0.4, -0.2) is 60.2 Å². The van der Waals surface area contributed by atoms with Crippen LogP contribution in [0.5, 0.6) is 11.5 Å². The molecule has 1 heterocycles. The van der Waals surface area contributed by atoms with Crippen LogP contribution in [0.3, 0.4) is 0 Å². The summed E-state index contributed by atoms with van der Waals surface area (Å²) in [6.45, 7) is 9.46. The predicted octanol–water partition coefficient (Wildman–Crippen LogP) is 2.88. The molecule has 1 aromatic carbocycles. The van der Waals surface area contributed by atoms with Crippen LogP contribution in [-0.2, 0) is 20.9 Å². The second kappa shape index (κ2) is 12.2. The average Bonchev–Trinajstić information content (AvgIpc) is 2.77. The van der Waals surface area contributed by atoms with Crippen molar-refractivity contribution in [2.24, 2.45) is 11.8 Å². The fourth-order valence-corrected chi connectivity index (χ4v) is 3.50. The minimum atomic E-state index is -0.467. The Morgan fingerprint density at radius 2 is 1.64 bits per heavy atom. The molecule has 9 heteroatoms. The number of fused-ring (bicyclic) bond motifs is 1. The molecule has 182 valence electrons. The van der Waals surface area contributed by atoms with Crippen molar-refractivity contribution in [3.8, 4) is 11.5 Å². The van der Waals surface area contributed by atoms with E-state index in [1.54, 1.807) is 17.0 Å². The molecule has 0 spiro atoms. The van der Waals surface area contributed by atoms with Gasteiger partial charge >= 0.3 is 5.97 Å². The zero-order valence-corrected chi connectivity index (χ0v) is 20.4. The van der Waals surface area contributed by atoms with Crippen molar-refractivity contribution in [3.63, 3.8) is 0 Å². The van der Waals surface area contributed by atoms with Crippen molar-refractivity contribution < 1.29 is 23.8 Å². The highest BCUT2D eigenvalue weighted by Gasteiger charge is 2.18. The van der Waals surface area contributed by atoms with E-state index in [0.717, 1.165) is 0 Å². The summed E-state index contributed by atoms with van der Waals surface area (Å²) in [4.78, 5) is 43.4. The lowest BCUT2D eigenvalue weighted by Gasteiger charge is -2.26. The SMILES string of the molecule is COc1cc2ncn(CCCC(=O)OCC(=O)N(CC(C)C)CC(C)C)c(=O)c2cc1OC. The number of hydrogen-bond acceptors (Lipinski definition) is 7. The van der Waals surface area contributed by atoms with Gasteiger partial charge in [-0.1, -0.05) is 27.7 Å². The first-order chi connectivity index (χ1) is 15.7. The highest BCUT2D eigenvalue weighted by molar-refractivity contribution is 5.82. The average molecular weight is 462 g/mol. The number of ether oxygens (including phenoxy) is 3. The van der Waals surface area contributed by atoms with Gasteiger partial charge in [0.25, 0.3) is 11.5 Å². The van der Waals surface area contributed by atoms with Crippen LogP contribution in [0.1, 0.15) is 40.5 Å². The molecule has 0 aliphatic rings. The Hall–Kier alpha value is -3.10. The molecule has 2 aromatic rings. The molecule has 0 radical (unpaired) electrons. The fraction of sp³-hybridized carbons (Fsp3) is 0.583. The van der Waals surface area contributed by atoms with E-state index in [9.17, 15) is 14.4 Å². The number of carbonyl (C=O) groups excluding carboxylic acids is 2. The maximum absolute atomic E-state index is 12.8. The van der Waals surface area contributed by atoms with E-state index < -0.39 is 5.97 Å². The molecule has 9 nitrogen and oxygen atoms in total. The standard InChI is InChI=1S/C24H35N3O6/c1-16(2)12-27(13-17(3)4)22(28)14-33-23(29)8-7-9-26-15-25-19-11-21(32-6)20(31-5)10-18(19)24(26)30/h10-11,15-17H,7-9,12-14H2,1-6H3. The van der Waals surface area contributed by atoms with E-state index in [4.69, 9.17) is 14.2 Å². The van der Waals surface area contributed by atoms with E-state index in [1.807, 2.05) is 27.7 Å². The van der Waals surface area contributed by atoms with Gasteiger partial charge in [0.2, 0.25) is 0 Å². The van der Waals surface area contributed by atoms with Crippen molar-refractivity contribution >= 4 is 22.8 Å². The van der Waals surface area contributed by atoms with Crippen molar-refractivity contribution in [3.05, 3.63) is 28.8 Å². The molecule has 0 bridgehead atoms. The molecular formula is C24H35N3O6. The van der Waals surface area contributed by atoms with E-state index in [2.05, 4.69) is 4.98 Å². The number of carbonyl (C=O) groups is 2. The molecule has 33 heavy (non-hydrogen) atoms. The van der Waals surface area contributed by atoms with Crippen molar-refractivity contribution in [1.82, 2.24) is 14.5 Å². The second-order valence-electron chi connectivity index (χ2n) is 8.82. The third kappa shape index (κ3) is 7.47. The predicted molar refractivity (Wildman–Crippen MR) is 126 cm³/mol. The molecular weight excluding hydrogens is 426 g/mol. The van der Waals surface area contributed by atoms with Crippen LogP contribution in [0.15, 0.2) is 23.3 Å². The first-order valence-corrected chi connectivity index (χ1v) is 11.2. The largest absolute Gasteiger partial charge is 0.493 e. The van der Waals surface area contributed by atoms with Crippen molar-refractivity contribution in [2.75, 3.05) is 33.9 Å². The monoisotopic (exact) mass is 461 g/mol. The summed E-state index contributed by atoms with van der Waals surface area (Å²) in [5.41, 5.74) is 0.265. The number of benzene rings is 1. The van der Waals surface area contributed by atoms with Crippen LogP contribution >= 0.6 is 0 Å². The smallest absolute Gasteiger partial charge is 0.306 e. The lowest BCUT2D eigenvalue weighted by molar-refractivity contribution is -0.152. The molecule has 1 aromatic heterocycles. The van der Waals surface area contributed by atoms with Crippen LogP contribution < -0.4 is 15.0 Å². The first-order valence-electron chi connectivity index (χ1n) is 11.2. The molecule has 2 rings (SSSR count). The molecule has 0 saturated carbocycles. The Kier molecular flexibility index (Phi) is 9.69. The van der Waals surface area contributed by atoms with Crippen LogP contribution in [0.2, 0.25) is 0 Å². The minimum absolute atomic E-state index is 0.0953. The molecule has 0 saturated heterocycles. The third-order valence-electron chi connectivity index (χ3n) is 4.99. The molecule has 0 aliphatic carbocycles. The summed E-state index contributed by atoms with van der Waals surface area (Å²) >= 11 is 0. The number of hydrogen-bond donors (Lipinski definition) is 0. The van der Waals surface area contributed by atoms with Gasteiger partial charge in [-0.3, -0.25) is 19.0 Å². The van der Waals surface area contributed by atoms with Crippen LogP contribution in [0, 0.1) is 11.8 Å². The van der Waals surface area contributed by atoms with Crippen LogP contribution in [0.4, 0.5) is 0 Å². The van der Waals surface area contributed by atoms with E-state index in [1.165, 1.54) is 25.1 Å². The molecule has 0 aliphatic heterocycles. The summed E-state index contributed by atoms with van der Waals surface area (Å²) in [5, 5.41) is 0.402. The van der Waals surface area contributed by atoms with Crippen LogP contribution in [0.25, 0.3) is 10.9 Å². The molecule has 0 N–H and O–H groups in total. The number of rotatable bonds is 12. The molecule has 0 fully saturated rings. The number of esters is 1. The number of methoxy groups -OCH3 is 2. The Balaban J connectivity index is 1.92. The molecule has 1 amide bonds. The number of amides is 1. The fourth-order valence-electron chi connectivity index (χ4n) is 3.50.